The fourth-order valence-electron chi connectivity index (χ4n) is 3.58. The van der Waals surface area contributed by atoms with E-state index in [1.54, 1.807) is 17.8 Å². The number of benzene rings is 1. The summed E-state index contributed by atoms with van der Waals surface area (Å²) in [6, 6.07) is 7.80. The van der Waals surface area contributed by atoms with Crippen LogP contribution in [0.3, 0.4) is 0 Å². The highest BCUT2D eigenvalue weighted by Gasteiger charge is 2.28. The van der Waals surface area contributed by atoms with Crippen molar-refractivity contribution in [3.63, 3.8) is 0 Å². The van der Waals surface area contributed by atoms with E-state index >= 15 is 0 Å². The number of nitrogens with zero attached hydrogens (tertiary/aromatic N) is 3. The van der Waals surface area contributed by atoms with Gasteiger partial charge in [0, 0.05) is 28.3 Å². The number of rotatable bonds is 4. The van der Waals surface area contributed by atoms with Gasteiger partial charge in [0.2, 0.25) is 0 Å². The molecular weight excluding hydrogens is 378 g/mol. The fraction of sp³-hybridized carbons (Fsp3) is 0.458. The van der Waals surface area contributed by atoms with Crippen molar-refractivity contribution in [2.45, 2.75) is 65.8 Å². The number of carbonyl (C=O) groups excluding carboxylic acids is 1. The number of phenolic OH excluding ortho intramolecular Hbond substituents is 1. The van der Waals surface area contributed by atoms with Crippen LogP contribution in [0.5, 0.6) is 5.75 Å². The third-order valence-corrected chi connectivity index (χ3v) is 5.09. The first-order chi connectivity index (χ1) is 13.9. The third kappa shape index (κ3) is 4.18. The summed E-state index contributed by atoms with van der Waals surface area (Å²) in [6.45, 7) is 14.6. The van der Waals surface area contributed by atoms with Gasteiger partial charge in [0.05, 0.1) is 6.61 Å². The van der Waals surface area contributed by atoms with E-state index in [1.807, 2.05) is 24.3 Å². The quantitative estimate of drug-likeness (QED) is 0.616. The van der Waals surface area contributed by atoms with Crippen molar-refractivity contribution in [2.75, 3.05) is 6.61 Å². The second-order valence-electron chi connectivity index (χ2n) is 9.61. The highest BCUT2D eigenvalue weighted by molar-refractivity contribution is 5.92. The van der Waals surface area contributed by atoms with Crippen LogP contribution in [-0.4, -0.2) is 32.4 Å². The van der Waals surface area contributed by atoms with E-state index in [2.05, 4.69) is 46.5 Å². The predicted octanol–water partition coefficient (Wildman–Crippen LogP) is 4.96. The van der Waals surface area contributed by atoms with Gasteiger partial charge in [-0.25, -0.2) is 9.67 Å². The fourth-order valence-corrected chi connectivity index (χ4v) is 3.58. The number of fused-ring (bicyclic) bond motifs is 1. The van der Waals surface area contributed by atoms with Gasteiger partial charge in [-0.05, 0) is 42.0 Å². The van der Waals surface area contributed by atoms with E-state index in [1.165, 1.54) is 0 Å². The molecule has 1 N–H and O–H groups in total. The number of phenols is 1. The molecule has 3 aromatic rings. The summed E-state index contributed by atoms with van der Waals surface area (Å²) in [5.41, 5.74) is 3.48. The summed E-state index contributed by atoms with van der Waals surface area (Å²) in [7, 11) is 0. The molecule has 6 nitrogen and oxygen atoms in total. The molecule has 0 saturated heterocycles. The van der Waals surface area contributed by atoms with Crippen molar-refractivity contribution in [1.82, 2.24) is 14.8 Å². The van der Waals surface area contributed by atoms with Crippen molar-refractivity contribution in [3.8, 4) is 17.0 Å². The zero-order valence-corrected chi connectivity index (χ0v) is 18.9. The zero-order valence-electron chi connectivity index (χ0n) is 18.9. The van der Waals surface area contributed by atoms with Gasteiger partial charge >= 0.3 is 5.97 Å². The summed E-state index contributed by atoms with van der Waals surface area (Å²) in [6.07, 6.45) is 1.69. The summed E-state index contributed by atoms with van der Waals surface area (Å²) in [5.74, 6) is -0.0253. The largest absolute Gasteiger partial charge is 0.507 e. The average Bonchev–Trinajstić information content (AvgIpc) is 2.99. The Morgan fingerprint density at radius 2 is 1.70 bits per heavy atom. The van der Waals surface area contributed by atoms with Gasteiger partial charge in [-0.3, -0.25) is 4.79 Å². The van der Waals surface area contributed by atoms with Gasteiger partial charge in [0.1, 0.15) is 18.0 Å². The third-order valence-electron chi connectivity index (χ3n) is 5.09. The lowest BCUT2D eigenvalue weighted by Gasteiger charge is -2.28. The SMILES string of the molecule is CCOC(=O)Cn1nc(-c2cc(C(C)(C)C)c(O)c(C(C)(C)C)c2)c2cccnc21. The molecule has 0 aliphatic rings. The number of esters is 1. The van der Waals surface area contributed by atoms with Crippen molar-refractivity contribution in [1.29, 1.82) is 0 Å². The Hall–Kier alpha value is -2.89. The van der Waals surface area contributed by atoms with E-state index in [0.29, 0.717) is 18.0 Å². The van der Waals surface area contributed by atoms with E-state index < -0.39 is 0 Å². The number of pyridine rings is 1. The number of aromatic nitrogens is 3. The summed E-state index contributed by atoms with van der Waals surface area (Å²) < 4.78 is 6.68. The van der Waals surface area contributed by atoms with Gasteiger partial charge in [0.25, 0.3) is 0 Å². The van der Waals surface area contributed by atoms with Crippen LogP contribution in [0.1, 0.15) is 59.6 Å². The van der Waals surface area contributed by atoms with Crippen molar-refractivity contribution in [2.24, 2.45) is 0 Å². The molecule has 0 saturated carbocycles. The molecule has 0 unspecified atom stereocenters. The molecule has 160 valence electrons. The molecule has 0 amide bonds. The van der Waals surface area contributed by atoms with E-state index in [9.17, 15) is 9.90 Å². The second-order valence-corrected chi connectivity index (χ2v) is 9.61. The topological polar surface area (TPSA) is 77.2 Å². The Balaban J connectivity index is 2.26. The molecule has 0 aliphatic carbocycles. The molecule has 0 aliphatic heterocycles. The second kappa shape index (κ2) is 7.74. The van der Waals surface area contributed by atoms with E-state index in [-0.39, 0.29) is 23.3 Å². The molecule has 0 bridgehead atoms. The highest BCUT2D eigenvalue weighted by Crippen LogP contribution is 2.42. The first kappa shape index (κ1) is 21.8. The van der Waals surface area contributed by atoms with Crippen molar-refractivity contribution < 1.29 is 14.6 Å². The molecule has 1 aromatic carbocycles. The first-order valence-electron chi connectivity index (χ1n) is 10.3. The summed E-state index contributed by atoms with van der Waals surface area (Å²) in [4.78, 5) is 16.5. The van der Waals surface area contributed by atoms with Crippen LogP contribution in [0.15, 0.2) is 30.5 Å². The standard InChI is InChI=1S/C24H31N3O3/c1-8-30-19(28)14-27-22-16(10-9-11-25-22)20(26-27)15-12-17(23(2,3)4)21(29)18(13-15)24(5,6)7/h9-13,29H,8,14H2,1-7H3. The Labute approximate surface area is 177 Å². The molecule has 2 aromatic heterocycles. The van der Waals surface area contributed by atoms with Crippen molar-refractivity contribution in [3.05, 3.63) is 41.6 Å². The van der Waals surface area contributed by atoms with Crippen LogP contribution in [0, 0.1) is 0 Å². The summed E-state index contributed by atoms with van der Waals surface area (Å²) in [5, 5.41) is 16.6. The maximum atomic E-state index is 12.1. The minimum Gasteiger partial charge on any atom is -0.507 e. The Morgan fingerprint density at radius 1 is 1.10 bits per heavy atom. The number of carbonyl (C=O) groups is 1. The molecule has 0 radical (unpaired) electrons. The van der Waals surface area contributed by atoms with Gasteiger partial charge in [-0.15, -0.1) is 0 Å². The maximum absolute atomic E-state index is 12.1. The van der Waals surface area contributed by atoms with Crippen LogP contribution in [0.25, 0.3) is 22.3 Å². The predicted molar refractivity (Wildman–Crippen MR) is 119 cm³/mol. The first-order valence-corrected chi connectivity index (χ1v) is 10.3. The number of hydrogen-bond acceptors (Lipinski definition) is 5. The minimum atomic E-state index is -0.351. The van der Waals surface area contributed by atoms with Gasteiger partial charge < -0.3 is 9.84 Å². The van der Waals surface area contributed by atoms with E-state index in [4.69, 9.17) is 9.84 Å². The molecule has 0 fully saturated rings. The maximum Gasteiger partial charge on any atom is 0.327 e. The zero-order chi connectivity index (χ0) is 22.3. The molecule has 2 heterocycles. The Morgan fingerprint density at radius 3 is 2.23 bits per heavy atom. The lowest BCUT2D eigenvalue weighted by atomic mass is 9.78. The number of ether oxygens (including phenoxy) is 1. The van der Waals surface area contributed by atoms with Crippen LogP contribution in [0.4, 0.5) is 0 Å². The molecule has 6 heteroatoms. The smallest absolute Gasteiger partial charge is 0.327 e. The Kier molecular flexibility index (Phi) is 5.63. The Bertz CT molecular complexity index is 1050. The molecule has 3 rings (SSSR count). The molecular formula is C24H31N3O3. The molecule has 0 spiro atoms. The highest BCUT2D eigenvalue weighted by atomic mass is 16.5. The lowest BCUT2D eigenvalue weighted by Crippen LogP contribution is -2.17. The van der Waals surface area contributed by atoms with Crippen molar-refractivity contribution >= 4 is 17.0 Å². The van der Waals surface area contributed by atoms with Gasteiger partial charge in [-0.2, -0.15) is 5.10 Å². The van der Waals surface area contributed by atoms with Crippen LogP contribution < -0.4 is 0 Å². The number of aromatic hydroxyl groups is 1. The summed E-state index contributed by atoms with van der Waals surface area (Å²) >= 11 is 0. The molecule has 30 heavy (non-hydrogen) atoms. The van der Waals surface area contributed by atoms with Crippen LogP contribution in [0.2, 0.25) is 0 Å². The molecule has 0 atom stereocenters. The number of hydrogen-bond donors (Lipinski definition) is 1. The minimum absolute atomic E-state index is 0.00229. The van der Waals surface area contributed by atoms with Crippen LogP contribution in [-0.2, 0) is 26.9 Å². The van der Waals surface area contributed by atoms with Gasteiger partial charge in [0.15, 0.2) is 5.65 Å². The van der Waals surface area contributed by atoms with Crippen LogP contribution >= 0.6 is 0 Å². The van der Waals surface area contributed by atoms with Gasteiger partial charge in [-0.1, -0.05) is 41.5 Å². The average molecular weight is 410 g/mol. The monoisotopic (exact) mass is 409 g/mol. The lowest BCUT2D eigenvalue weighted by molar-refractivity contribution is -0.143. The normalized spacial score (nSPS) is 12.4. The van der Waals surface area contributed by atoms with E-state index in [0.717, 1.165) is 27.8 Å².